The smallest absolute Gasteiger partial charge is 0.340 e. The van der Waals surface area contributed by atoms with Crippen LogP contribution in [0.25, 0.3) is 0 Å². The number of aromatic nitrogens is 3. The number of rotatable bonds is 5. The Hall–Kier alpha value is -2.37. The molecular weight excluding hydrogens is 256 g/mol. The van der Waals surface area contributed by atoms with Crippen LogP contribution in [-0.4, -0.2) is 21.1 Å². The van der Waals surface area contributed by atoms with Crippen LogP contribution in [0.5, 0.6) is 0 Å². The Morgan fingerprint density at radius 1 is 1.35 bits per heavy atom. The zero-order chi connectivity index (χ0) is 13.9. The fourth-order valence-corrected chi connectivity index (χ4v) is 2.15. The summed E-state index contributed by atoms with van der Waals surface area (Å²) in [6.45, 7) is 0. The molecule has 1 saturated carbocycles. The van der Waals surface area contributed by atoms with Crippen molar-refractivity contribution in [3.63, 3.8) is 0 Å². The van der Waals surface area contributed by atoms with E-state index in [2.05, 4.69) is 20.5 Å². The topological polar surface area (TPSA) is 90.6 Å². The first-order valence-corrected chi connectivity index (χ1v) is 6.71. The SMILES string of the molecule is O=C(NC(Cc1ccccc1)c1n[nH]c(=O)[nH]1)C1CC1. The Balaban J connectivity index is 1.79. The minimum Gasteiger partial charge on any atom is -0.345 e. The number of nitrogens with zero attached hydrogens (tertiary/aromatic N) is 1. The number of carbonyl (C=O) groups is 1. The predicted octanol–water partition coefficient (Wildman–Crippen LogP) is 0.908. The molecule has 1 heterocycles. The van der Waals surface area contributed by atoms with Gasteiger partial charge in [-0.25, -0.2) is 9.89 Å². The van der Waals surface area contributed by atoms with E-state index in [0.717, 1.165) is 18.4 Å². The third kappa shape index (κ3) is 2.96. The molecule has 0 aliphatic heterocycles. The Morgan fingerprint density at radius 3 is 2.70 bits per heavy atom. The van der Waals surface area contributed by atoms with Crippen molar-refractivity contribution in [1.29, 1.82) is 0 Å². The molecule has 20 heavy (non-hydrogen) atoms. The van der Waals surface area contributed by atoms with E-state index in [0.29, 0.717) is 12.2 Å². The van der Waals surface area contributed by atoms with Gasteiger partial charge >= 0.3 is 5.69 Å². The molecule has 1 aromatic carbocycles. The Kier molecular flexibility index (Phi) is 3.37. The maximum Gasteiger partial charge on any atom is 0.340 e. The number of hydrogen-bond donors (Lipinski definition) is 3. The molecule has 1 atom stereocenters. The molecule has 1 aromatic heterocycles. The Bertz CT molecular complexity index is 642. The van der Waals surface area contributed by atoms with Crippen molar-refractivity contribution in [2.75, 3.05) is 0 Å². The van der Waals surface area contributed by atoms with E-state index in [1.807, 2.05) is 30.3 Å². The Morgan fingerprint density at radius 2 is 2.10 bits per heavy atom. The maximum absolute atomic E-state index is 11.9. The number of carbonyl (C=O) groups excluding carboxylic acids is 1. The second-order valence-corrected chi connectivity index (χ2v) is 5.09. The van der Waals surface area contributed by atoms with Crippen LogP contribution in [-0.2, 0) is 11.2 Å². The van der Waals surface area contributed by atoms with Gasteiger partial charge in [0.25, 0.3) is 0 Å². The number of amides is 1. The van der Waals surface area contributed by atoms with Crippen molar-refractivity contribution in [1.82, 2.24) is 20.5 Å². The van der Waals surface area contributed by atoms with Gasteiger partial charge in [0, 0.05) is 5.92 Å². The van der Waals surface area contributed by atoms with Crippen molar-refractivity contribution in [2.45, 2.75) is 25.3 Å². The number of nitrogens with one attached hydrogen (secondary N) is 3. The number of H-pyrrole nitrogens is 2. The molecule has 1 unspecified atom stereocenters. The highest BCUT2D eigenvalue weighted by Crippen LogP contribution is 2.29. The second-order valence-electron chi connectivity index (χ2n) is 5.09. The monoisotopic (exact) mass is 272 g/mol. The van der Waals surface area contributed by atoms with E-state index in [1.54, 1.807) is 0 Å². The highest BCUT2D eigenvalue weighted by Gasteiger charge is 2.31. The highest BCUT2D eigenvalue weighted by molar-refractivity contribution is 5.81. The minimum absolute atomic E-state index is 0.0368. The fourth-order valence-electron chi connectivity index (χ4n) is 2.15. The molecule has 6 heteroatoms. The fraction of sp³-hybridized carbons (Fsp3) is 0.357. The molecule has 1 amide bonds. The van der Waals surface area contributed by atoms with E-state index in [-0.39, 0.29) is 23.6 Å². The van der Waals surface area contributed by atoms with Gasteiger partial charge in [-0.1, -0.05) is 30.3 Å². The normalized spacial score (nSPS) is 15.8. The van der Waals surface area contributed by atoms with Gasteiger partial charge < -0.3 is 5.32 Å². The summed E-state index contributed by atoms with van der Waals surface area (Å²) in [6.07, 6.45) is 2.49. The second kappa shape index (κ2) is 5.32. The van der Waals surface area contributed by atoms with Crippen LogP contribution in [0.2, 0.25) is 0 Å². The van der Waals surface area contributed by atoms with Gasteiger partial charge in [0.1, 0.15) is 0 Å². The molecule has 1 fully saturated rings. The zero-order valence-corrected chi connectivity index (χ0v) is 10.9. The number of aromatic amines is 2. The maximum atomic E-state index is 11.9. The first-order valence-electron chi connectivity index (χ1n) is 6.71. The van der Waals surface area contributed by atoms with Gasteiger partial charge in [0.2, 0.25) is 5.91 Å². The molecule has 0 radical (unpaired) electrons. The summed E-state index contributed by atoms with van der Waals surface area (Å²) in [5.74, 6) is 0.626. The van der Waals surface area contributed by atoms with E-state index in [1.165, 1.54) is 0 Å². The molecule has 1 aliphatic rings. The lowest BCUT2D eigenvalue weighted by molar-refractivity contribution is -0.123. The van der Waals surface area contributed by atoms with E-state index < -0.39 is 0 Å². The van der Waals surface area contributed by atoms with Gasteiger partial charge in [0.05, 0.1) is 6.04 Å². The molecular formula is C14H16N4O2. The van der Waals surface area contributed by atoms with Gasteiger partial charge in [-0.3, -0.25) is 9.78 Å². The Labute approximate surface area is 115 Å². The molecule has 2 aromatic rings. The lowest BCUT2D eigenvalue weighted by Gasteiger charge is -2.16. The average Bonchev–Trinajstić information content (AvgIpc) is 3.21. The van der Waals surface area contributed by atoms with Gasteiger partial charge in [-0.05, 0) is 24.8 Å². The third-order valence-corrected chi connectivity index (χ3v) is 3.40. The van der Waals surface area contributed by atoms with Crippen molar-refractivity contribution in [2.24, 2.45) is 5.92 Å². The van der Waals surface area contributed by atoms with Crippen LogP contribution < -0.4 is 11.0 Å². The molecule has 0 spiro atoms. The zero-order valence-electron chi connectivity index (χ0n) is 10.9. The predicted molar refractivity (Wildman–Crippen MR) is 73.0 cm³/mol. The molecule has 3 N–H and O–H groups in total. The third-order valence-electron chi connectivity index (χ3n) is 3.40. The summed E-state index contributed by atoms with van der Waals surface area (Å²) in [7, 11) is 0. The summed E-state index contributed by atoms with van der Waals surface area (Å²) in [5.41, 5.74) is 0.719. The van der Waals surface area contributed by atoms with Crippen LogP contribution in [0.4, 0.5) is 0 Å². The van der Waals surface area contributed by atoms with Crippen LogP contribution in [0.3, 0.4) is 0 Å². The van der Waals surface area contributed by atoms with Crippen LogP contribution in [0.1, 0.15) is 30.3 Å². The van der Waals surface area contributed by atoms with Crippen molar-refractivity contribution in [3.8, 4) is 0 Å². The van der Waals surface area contributed by atoms with Crippen molar-refractivity contribution in [3.05, 3.63) is 52.2 Å². The lowest BCUT2D eigenvalue weighted by atomic mass is 10.1. The minimum atomic E-state index is -0.362. The summed E-state index contributed by atoms with van der Waals surface area (Å²) >= 11 is 0. The van der Waals surface area contributed by atoms with E-state index >= 15 is 0 Å². The van der Waals surface area contributed by atoms with Crippen molar-refractivity contribution < 1.29 is 4.79 Å². The van der Waals surface area contributed by atoms with Gasteiger partial charge in [0.15, 0.2) is 5.82 Å². The van der Waals surface area contributed by atoms with E-state index in [4.69, 9.17) is 0 Å². The van der Waals surface area contributed by atoms with Gasteiger partial charge in [-0.2, -0.15) is 5.10 Å². The molecule has 1 aliphatic carbocycles. The molecule has 104 valence electrons. The summed E-state index contributed by atoms with van der Waals surface area (Å²) < 4.78 is 0. The van der Waals surface area contributed by atoms with Crippen molar-refractivity contribution >= 4 is 5.91 Å². The number of hydrogen-bond acceptors (Lipinski definition) is 3. The first kappa shape index (κ1) is 12.7. The quantitative estimate of drug-likeness (QED) is 0.755. The largest absolute Gasteiger partial charge is 0.345 e. The van der Waals surface area contributed by atoms with Crippen LogP contribution in [0.15, 0.2) is 35.1 Å². The average molecular weight is 272 g/mol. The molecule has 6 nitrogen and oxygen atoms in total. The van der Waals surface area contributed by atoms with Crippen LogP contribution in [0, 0.1) is 5.92 Å². The van der Waals surface area contributed by atoms with E-state index in [9.17, 15) is 9.59 Å². The summed E-state index contributed by atoms with van der Waals surface area (Å²) in [6, 6.07) is 9.49. The first-order chi connectivity index (χ1) is 9.72. The molecule has 0 saturated heterocycles. The molecule has 3 rings (SSSR count). The summed E-state index contributed by atoms with van der Waals surface area (Å²) in [4.78, 5) is 25.8. The lowest BCUT2D eigenvalue weighted by Crippen LogP contribution is -2.32. The highest BCUT2D eigenvalue weighted by atomic mass is 16.2. The van der Waals surface area contributed by atoms with Gasteiger partial charge in [-0.15, -0.1) is 0 Å². The molecule has 0 bridgehead atoms. The van der Waals surface area contributed by atoms with Crippen LogP contribution >= 0.6 is 0 Å². The number of benzene rings is 1. The summed E-state index contributed by atoms with van der Waals surface area (Å²) in [5, 5.41) is 9.24. The standard InChI is InChI=1S/C14H16N4O2/c19-13(10-6-7-10)15-11(12-16-14(20)18-17-12)8-9-4-2-1-3-5-9/h1-5,10-11H,6-8H2,(H,15,19)(H2,16,17,18,20).